The van der Waals surface area contributed by atoms with Gasteiger partial charge in [-0.25, -0.2) is 9.97 Å². The van der Waals surface area contributed by atoms with Crippen molar-refractivity contribution in [1.82, 2.24) is 30.1 Å². The van der Waals surface area contributed by atoms with Gasteiger partial charge in [-0.1, -0.05) is 25.8 Å². The van der Waals surface area contributed by atoms with E-state index in [1.165, 1.54) is 12.8 Å². The van der Waals surface area contributed by atoms with Gasteiger partial charge < -0.3 is 10.3 Å². The van der Waals surface area contributed by atoms with Crippen molar-refractivity contribution in [1.29, 1.82) is 0 Å². The van der Waals surface area contributed by atoms with Crippen LogP contribution in [0, 0.1) is 5.92 Å². The number of allylic oxidation sites excluding steroid dienone is 3. The standard InChI is InChI=1S/C31H29N7S/c1-6-25-24(13-18(4)21-14-22(16-32-15-21)34-19(5)20-7-8-20)29(38-37-25)31-35-28-23(11-12-33-30(28)36-31)27-10-9-26(39-27)17(2)3/h6,9-16,20,34,37H,2,4-5,7-8H2,1,3H3,(H,33,35,36)/b24-13+,25-6+. The molecule has 8 heteroatoms. The number of thiophene rings is 1. The minimum Gasteiger partial charge on any atom is -0.358 e. The highest BCUT2D eigenvalue weighted by atomic mass is 32.1. The van der Waals surface area contributed by atoms with E-state index >= 15 is 0 Å². The first-order chi connectivity index (χ1) is 18.9. The maximum Gasteiger partial charge on any atom is 0.178 e. The van der Waals surface area contributed by atoms with Gasteiger partial charge in [0.05, 0.1) is 22.8 Å². The molecule has 1 saturated carbocycles. The summed E-state index contributed by atoms with van der Waals surface area (Å²) in [4.78, 5) is 19.5. The van der Waals surface area contributed by atoms with Crippen molar-refractivity contribution < 1.29 is 0 Å². The van der Waals surface area contributed by atoms with Crippen LogP contribution in [-0.2, 0) is 0 Å². The highest BCUT2D eigenvalue weighted by molar-refractivity contribution is 7.16. The maximum atomic E-state index is 4.81. The van der Waals surface area contributed by atoms with E-state index in [9.17, 15) is 0 Å². The summed E-state index contributed by atoms with van der Waals surface area (Å²) in [6.45, 7) is 16.6. The third-order valence-corrected chi connectivity index (χ3v) is 8.11. The van der Waals surface area contributed by atoms with Crippen molar-refractivity contribution in [2.75, 3.05) is 5.32 Å². The maximum absolute atomic E-state index is 4.81. The third kappa shape index (κ3) is 4.86. The number of rotatable bonds is 8. The second-order valence-corrected chi connectivity index (χ2v) is 10.9. The second-order valence-electron chi connectivity index (χ2n) is 9.83. The van der Waals surface area contributed by atoms with Crippen molar-refractivity contribution in [2.45, 2.75) is 26.7 Å². The van der Waals surface area contributed by atoms with Gasteiger partial charge in [0.2, 0.25) is 0 Å². The summed E-state index contributed by atoms with van der Waals surface area (Å²) in [5, 5.41) is 12.9. The molecule has 6 rings (SSSR count). The van der Waals surface area contributed by atoms with Crippen LogP contribution in [0.2, 0.25) is 0 Å². The quantitative estimate of drug-likeness (QED) is 0.224. The third-order valence-electron chi connectivity index (χ3n) is 6.83. The van der Waals surface area contributed by atoms with E-state index in [2.05, 4.69) is 62.3 Å². The number of anilines is 1. The van der Waals surface area contributed by atoms with Gasteiger partial charge in [-0.05, 0) is 74.1 Å². The van der Waals surface area contributed by atoms with E-state index in [1.807, 2.05) is 50.5 Å². The van der Waals surface area contributed by atoms with E-state index in [-0.39, 0.29) is 0 Å². The van der Waals surface area contributed by atoms with Crippen molar-refractivity contribution in [3.05, 3.63) is 89.3 Å². The fourth-order valence-electron chi connectivity index (χ4n) is 4.51. The number of fused-ring (bicyclic) bond motifs is 1. The molecular weight excluding hydrogens is 502 g/mol. The van der Waals surface area contributed by atoms with E-state index in [0.717, 1.165) is 59.5 Å². The number of nitrogens with one attached hydrogen (secondary N) is 3. The Kier molecular flexibility index (Phi) is 6.32. The molecule has 0 spiro atoms. The van der Waals surface area contributed by atoms with E-state index in [4.69, 9.17) is 4.98 Å². The fourth-order valence-corrected chi connectivity index (χ4v) is 5.48. The van der Waals surface area contributed by atoms with Gasteiger partial charge in [0.15, 0.2) is 11.5 Å². The van der Waals surface area contributed by atoms with E-state index in [0.29, 0.717) is 23.1 Å². The molecule has 0 atom stereocenters. The molecule has 0 radical (unpaired) electrons. The monoisotopic (exact) mass is 531 g/mol. The molecule has 0 saturated heterocycles. The zero-order chi connectivity index (χ0) is 27.1. The molecule has 1 fully saturated rings. The Bertz CT molecular complexity index is 1880. The second kappa shape index (κ2) is 9.96. The van der Waals surface area contributed by atoms with E-state index in [1.54, 1.807) is 17.5 Å². The molecule has 194 valence electrons. The van der Waals surface area contributed by atoms with Crippen LogP contribution in [0.25, 0.3) is 56.4 Å². The number of aromatic nitrogens is 6. The molecule has 0 bridgehead atoms. The zero-order valence-electron chi connectivity index (χ0n) is 22.0. The molecule has 0 unspecified atom stereocenters. The highest BCUT2D eigenvalue weighted by Gasteiger charge is 2.24. The van der Waals surface area contributed by atoms with Crippen LogP contribution in [0.5, 0.6) is 0 Å². The van der Waals surface area contributed by atoms with Crippen molar-refractivity contribution >= 4 is 51.5 Å². The first-order valence-electron chi connectivity index (χ1n) is 12.8. The Labute approximate surface area is 230 Å². The average molecular weight is 532 g/mol. The molecular formula is C31H29N7S. The van der Waals surface area contributed by atoms with Crippen LogP contribution < -0.4 is 15.9 Å². The normalized spacial score (nSPS) is 14.2. The summed E-state index contributed by atoms with van der Waals surface area (Å²) in [5.41, 5.74) is 7.99. The van der Waals surface area contributed by atoms with Gasteiger partial charge in [0.1, 0.15) is 5.69 Å². The minimum absolute atomic E-state index is 0.561. The smallest absolute Gasteiger partial charge is 0.178 e. The lowest BCUT2D eigenvalue weighted by atomic mass is 10.1. The van der Waals surface area contributed by atoms with Crippen LogP contribution in [0.3, 0.4) is 0 Å². The van der Waals surface area contributed by atoms with Gasteiger partial charge in [0, 0.05) is 44.2 Å². The number of H-pyrrole nitrogens is 2. The summed E-state index contributed by atoms with van der Waals surface area (Å²) in [7, 11) is 0. The Balaban J connectivity index is 1.39. The summed E-state index contributed by atoms with van der Waals surface area (Å²) in [5.74, 6) is 1.20. The first-order valence-corrected chi connectivity index (χ1v) is 13.7. The fraction of sp³-hybridized carbons (Fsp3) is 0.161. The number of aromatic amines is 2. The van der Waals surface area contributed by atoms with Gasteiger partial charge in [-0.2, -0.15) is 5.10 Å². The van der Waals surface area contributed by atoms with Gasteiger partial charge in [-0.3, -0.25) is 10.1 Å². The van der Waals surface area contributed by atoms with E-state index < -0.39 is 0 Å². The topological polar surface area (TPSA) is 95.2 Å². The predicted octanol–water partition coefficient (Wildman–Crippen LogP) is 6.13. The van der Waals surface area contributed by atoms with Crippen LogP contribution in [0.1, 0.15) is 37.1 Å². The van der Waals surface area contributed by atoms with Crippen molar-refractivity contribution in [3.8, 4) is 22.0 Å². The molecule has 5 heterocycles. The molecule has 1 aliphatic rings. The summed E-state index contributed by atoms with van der Waals surface area (Å²) in [6.07, 6.45) is 11.8. The number of hydrogen-bond acceptors (Lipinski definition) is 6. The number of nitrogens with zero attached hydrogens (tertiary/aromatic N) is 4. The van der Waals surface area contributed by atoms with Crippen molar-refractivity contribution in [3.63, 3.8) is 0 Å². The molecule has 0 amide bonds. The van der Waals surface area contributed by atoms with Crippen molar-refractivity contribution in [2.24, 2.45) is 5.92 Å². The van der Waals surface area contributed by atoms with Crippen LogP contribution in [0.4, 0.5) is 5.69 Å². The lowest BCUT2D eigenvalue weighted by Gasteiger charge is -2.09. The van der Waals surface area contributed by atoms with Gasteiger partial charge in [-0.15, -0.1) is 11.3 Å². The molecule has 0 aromatic carbocycles. The summed E-state index contributed by atoms with van der Waals surface area (Å²) < 4.78 is 0. The molecule has 5 aromatic heterocycles. The Morgan fingerprint density at radius 1 is 1.15 bits per heavy atom. The van der Waals surface area contributed by atoms with Gasteiger partial charge >= 0.3 is 0 Å². The average Bonchev–Trinajstić information content (AvgIpc) is 3.32. The van der Waals surface area contributed by atoms with Crippen LogP contribution in [-0.4, -0.2) is 30.1 Å². The van der Waals surface area contributed by atoms with Crippen LogP contribution in [0.15, 0.2) is 68.3 Å². The first kappa shape index (κ1) is 24.8. The SMILES string of the molecule is C=C(/C=c1/c(-c2nc3nccc(-c4ccc(C(=C)C)s4)c3[nH]2)n[nH]/c1=C/C)c1cncc(NC(=C)C2CC2)c1. The largest absolute Gasteiger partial charge is 0.358 e. The van der Waals surface area contributed by atoms with Crippen LogP contribution >= 0.6 is 11.3 Å². The zero-order valence-corrected chi connectivity index (χ0v) is 22.8. The minimum atomic E-state index is 0.561. The Hall–Kier alpha value is -4.56. The number of imidazole rings is 1. The highest BCUT2D eigenvalue weighted by Crippen LogP contribution is 2.36. The summed E-state index contributed by atoms with van der Waals surface area (Å²) >= 11 is 1.70. The molecule has 1 aliphatic carbocycles. The number of pyridine rings is 2. The molecule has 7 nitrogen and oxygen atoms in total. The Morgan fingerprint density at radius 2 is 2.00 bits per heavy atom. The lowest BCUT2D eigenvalue weighted by molar-refractivity contribution is 1.02. The molecule has 3 N–H and O–H groups in total. The molecule has 0 aliphatic heterocycles. The summed E-state index contributed by atoms with van der Waals surface area (Å²) in [6, 6.07) is 8.27. The lowest BCUT2D eigenvalue weighted by Crippen LogP contribution is -2.23. The van der Waals surface area contributed by atoms with Gasteiger partial charge in [0.25, 0.3) is 0 Å². The predicted molar refractivity (Wildman–Crippen MR) is 162 cm³/mol. The molecule has 39 heavy (non-hydrogen) atoms. The molecule has 5 aromatic rings. The number of hydrogen-bond donors (Lipinski definition) is 3. The Morgan fingerprint density at radius 3 is 2.74 bits per heavy atom.